The van der Waals surface area contributed by atoms with Crippen LogP contribution >= 0.6 is 11.6 Å². The molecular formula is C19H26ClN3O. The molecule has 0 aliphatic carbocycles. The molecule has 2 heterocycles. The van der Waals surface area contributed by atoms with Gasteiger partial charge in [0.05, 0.1) is 12.2 Å². The number of aliphatic hydroxyl groups is 1. The lowest BCUT2D eigenvalue weighted by atomic mass is 9.98. The second-order valence-corrected chi connectivity index (χ2v) is 7.28. The van der Waals surface area contributed by atoms with Crippen LogP contribution in [0.1, 0.15) is 35.2 Å². The molecule has 2 aromatic rings. The van der Waals surface area contributed by atoms with Crippen LogP contribution in [0.25, 0.3) is 0 Å². The van der Waals surface area contributed by atoms with Gasteiger partial charge in [0.2, 0.25) is 0 Å². The minimum atomic E-state index is 0.274. The van der Waals surface area contributed by atoms with Crippen LogP contribution in [0.15, 0.2) is 24.3 Å². The van der Waals surface area contributed by atoms with Crippen molar-refractivity contribution in [2.24, 2.45) is 5.92 Å². The lowest BCUT2D eigenvalue weighted by Crippen LogP contribution is -2.36. The zero-order valence-electron chi connectivity index (χ0n) is 14.5. The maximum Gasteiger partial charge on any atom is 0.132 e. The minimum absolute atomic E-state index is 0.274. The molecule has 0 radical (unpaired) electrons. The molecule has 0 bridgehead atoms. The fraction of sp³-hybridized carbons (Fsp3) is 0.526. The van der Waals surface area contributed by atoms with E-state index in [4.69, 9.17) is 11.6 Å². The van der Waals surface area contributed by atoms with Crippen LogP contribution < -0.4 is 0 Å². The van der Waals surface area contributed by atoms with E-state index < -0.39 is 0 Å². The minimum Gasteiger partial charge on any atom is -0.396 e. The number of halogens is 1. The Morgan fingerprint density at radius 1 is 1.21 bits per heavy atom. The van der Waals surface area contributed by atoms with Gasteiger partial charge in [0.1, 0.15) is 5.15 Å². The van der Waals surface area contributed by atoms with Crippen molar-refractivity contribution in [1.29, 1.82) is 0 Å². The number of rotatable bonds is 5. The number of hydrogen-bond donors (Lipinski definition) is 1. The highest BCUT2D eigenvalue weighted by Gasteiger charge is 2.22. The van der Waals surface area contributed by atoms with E-state index in [0.717, 1.165) is 48.9 Å². The van der Waals surface area contributed by atoms with E-state index in [1.807, 2.05) is 11.6 Å². The number of aromatic nitrogens is 2. The van der Waals surface area contributed by atoms with Gasteiger partial charge in [-0.05, 0) is 44.7 Å². The van der Waals surface area contributed by atoms with Crippen molar-refractivity contribution in [3.8, 4) is 0 Å². The van der Waals surface area contributed by atoms with E-state index in [2.05, 4.69) is 41.2 Å². The molecule has 24 heavy (non-hydrogen) atoms. The summed E-state index contributed by atoms with van der Waals surface area (Å²) in [7, 11) is 0. The molecule has 1 saturated heterocycles. The SMILES string of the molecule is Cc1ccc(Cn2nc(C)c(CN3CCCC(CO)C3)c2Cl)cc1. The molecule has 0 saturated carbocycles. The molecule has 5 heteroatoms. The highest BCUT2D eigenvalue weighted by atomic mass is 35.5. The van der Waals surface area contributed by atoms with Crippen LogP contribution in [0.3, 0.4) is 0 Å². The zero-order valence-corrected chi connectivity index (χ0v) is 15.3. The van der Waals surface area contributed by atoms with E-state index in [1.54, 1.807) is 0 Å². The first kappa shape index (κ1) is 17.5. The molecular weight excluding hydrogens is 322 g/mol. The Morgan fingerprint density at radius 2 is 1.96 bits per heavy atom. The Bertz CT molecular complexity index is 681. The molecule has 1 aliphatic rings. The molecule has 1 fully saturated rings. The number of benzene rings is 1. The number of aryl methyl sites for hydroxylation is 2. The lowest BCUT2D eigenvalue weighted by molar-refractivity contribution is 0.116. The molecule has 1 atom stereocenters. The number of likely N-dealkylation sites (tertiary alicyclic amines) is 1. The second kappa shape index (κ2) is 7.68. The summed E-state index contributed by atoms with van der Waals surface area (Å²) in [6.07, 6.45) is 2.26. The molecule has 1 N–H and O–H groups in total. The van der Waals surface area contributed by atoms with Crippen molar-refractivity contribution in [2.45, 2.75) is 39.8 Å². The molecule has 1 aromatic heterocycles. The van der Waals surface area contributed by atoms with Gasteiger partial charge in [-0.2, -0.15) is 5.10 Å². The van der Waals surface area contributed by atoms with Gasteiger partial charge in [-0.15, -0.1) is 0 Å². The van der Waals surface area contributed by atoms with Crippen LogP contribution in [0.2, 0.25) is 5.15 Å². The molecule has 4 nitrogen and oxygen atoms in total. The van der Waals surface area contributed by atoms with Crippen molar-refractivity contribution in [3.05, 3.63) is 51.8 Å². The van der Waals surface area contributed by atoms with Gasteiger partial charge in [0, 0.05) is 25.3 Å². The molecule has 1 aliphatic heterocycles. The van der Waals surface area contributed by atoms with E-state index in [0.29, 0.717) is 12.5 Å². The Hall–Kier alpha value is -1.36. The lowest BCUT2D eigenvalue weighted by Gasteiger charge is -2.31. The van der Waals surface area contributed by atoms with Crippen molar-refractivity contribution in [2.75, 3.05) is 19.7 Å². The number of hydrogen-bond acceptors (Lipinski definition) is 3. The summed E-state index contributed by atoms with van der Waals surface area (Å²) in [5, 5.41) is 14.8. The van der Waals surface area contributed by atoms with Gasteiger partial charge >= 0.3 is 0 Å². The third-order valence-electron chi connectivity index (χ3n) is 4.88. The van der Waals surface area contributed by atoms with Gasteiger partial charge < -0.3 is 5.11 Å². The van der Waals surface area contributed by atoms with E-state index in [-0.39, 0.29) is 6.61 Å². The van der Waals surface area contributed by atoms with E-state index in [1.165, 1.54) is 11.1 Å². The number of aliphatic hydroxyl groups excluding tert-OH is 1. The smallest absolute Gasteiger partial charge is 0.132 e. The van der Waals surface area contributed by atoms with E-state index in [9.17, 15) is 5.11 Å². The van der Waals surface area contributed by atoms with Crippen LogP contribution in [-0.2, 0) is 13.1 Å². The van der Waals surface area contributed by atoms with Crippen LogP contribution in [0.4, 0.5) is 0 Å². The predicted octanol–water partition coefficient (Wildman–Crippen LogP) is 3.41. The fourth-order valence-corrected chi connectivity index (χ4v) is 3.70. The average molecular weight is 348 g/mol. The second-order valence-electron chi connectivity index (χ2n) is 6.92. The fourth-order valence-electron chi connectivity index (χ4n) is 3.41. The topological polar surface area (TPSA) is 41.3 Å². The summed E-state index contributed by atoms with van der Waals surface area (Å²) in [5.41, 5.74) is 4.57. The highest BCUT2D eigenvalue weighted by Crippen LogP contribution is 2.25. The summed E-state index contributed by atoms with van der Waals surface area (Å²) in [6.45, 7) is 7.90. The zero-order chi connectivity index (χ0) is 17.1. The van der Waals surface area contributed by atoms with Crippen molar-refractivity contribution in [1.82, 2.24) is 14.7 Å². The summed E-state index contributed by atoms with van der Waals surface area (Å²) < 4.78 is 1.89. The van der Waals surface area contributed by atoms with Gasteiger partial charge in [-0.3, -0.25) is 4.90 Å². The molecule has 3 rings (SSSR count). The van der Waals surface area contributed by atoms with Gasteiger partial charge in [0.25, 0.3) is 0 Å². The van der Waals surface area contributed by atoms with Crippen molar-refractivity contribution >= 4 is 11.6 Å². The Morgan fingerprint density at radius 3 is 2.67 bits per heavy atom. The first-order valence-corrected chi connectivity index (χ1v) is 9.05. The van der Waals surface area contributed by atoms with Crippen LogP contribution in [0, 0.1) is 19.8 Å². The Balaban J connectivity index is 1.73. The maximum atomic E-state index is 9.40. The molecule has 1 unspecified atom stereocenters. The van der Waals surface area contributed by atoms with E-state index >= 15 is 0 Å². The van der Waals surface area contributed by atoms with Gasteiger partial charge in [-0.1, -0.05) is 41.4 Å². The molecule has 1 aromatic carbocycles. The quantitative estimate of drug-likeness (QED) is 0.901. The normalized spacial score (nSPS) is 18.9. The largest absolute Gasteiger partial charge is 0.396 e. The number of piperidine rings is 1. The summed E-state index contributed by atoms with van der Waals surface area (Å²) >= 11 is 6.62. The first-order valence-electron chi connectivity index (χ1n) is 8.67. The Kier molecular flexibility index (Phi) is 5.59. The third kappa shape index (κ3) is 4.00. The van der Waals surface area contributed by atoms with Gasteiger partial charge in [0.15, 0.2) is 0 Å². The number of nitrogens with zero attached hydrogens (tertiary/aromatic N) is 3. The Labute approximate surface area is 149 Å². The molecule has 130 valence electrons. The van der Waals surface area contributed by atoms with Crippen LogP contribution in [0.5, 0.6) is 0 Å². The maximum absolute atomic E-state index is 9.40. The standard InChI is InChI=1S/C19H26ClN3O/c1-14-5-7-16(8-6-14)11-23-19(20)18(15(2)21-23)12-22-9-3-4-17(10-22)13-24/h5-8,17,24H,3-4,9-13H2,1-2H3. The summed E-state index contributed by atoms with van der Waals surface area (Å²) in [4.78, 5) is 2.39. The van der Waals surface area contributed by atoms with Gasteiger partial charge in [-0.25, -0.2) is 4.68 Å². The summed E-state index contributed by atoms with van der Waals surface area (Å²) in [6, 6.07) is 8.48. The monoisotopic (exact) mass is 347 g/mol. The predicted molar refractivity (Wildman–Crippen MR) is 97.3 cm³/mol. The molecule has 0 spiro atoms. The van der Waals surface area contributed by atoms with Crippen molar-refractivity contribution < 1.29 is 5.11 Å². The van der Waals surface area contributed by atoms with Crippen LogP contribution in [-0.4, -0.2) is 39.5 Å². The third-order valence-corrected chi connectivity index (χ3v) is 5.30. The first-order chi connectivity index (χ1) is 11.6. The molecule has 0 amide bonds. The highest BCUT2D eigenvalue weighted by molar-refractivity contribution is 6.30. The summed E-state index contributed by atoms with van der Waals surface area (Å²) in [5.74, 6) is 0.389. The average Bonchev–Trinajstić information content (AvgIpc) is 2.85. The van der Waals surface area contributed by atoms with Crippen molar-refractivity contribution in [3.63, 3.8) is 0 Å².